The molecule has 2 heterocycles. The smallest absolute Gasteiger partial charge is 0.107 e. The van der Waals surface area contributed by atoms with Gasteiger partial charge in [0.25, 0.3) is 0 Å². The molecule has 15 heavy (non-hydrogen) atoms. The minimum atomic E-state index is 0.664. The van der Waals surface area contributed by atoms with Crippen LogP contribution in [0.15, 0.2) is 18.6 Å². The summed E-state index contributed by atoms with van der Waals surface area (Å²) in [6.07, 6.45) is 9.15. The molecule has 1 saturated carbocycles. The largest absolute Gasteiger partial charge is 0.327 e. The van der Waals surface area contributed by atoms with Crippen molar-refractivity contribution in [1.29, 1.82) is 0 Å². The molecule has 1 aliphatic carbocycles. The minimum absolute atomic E-state index is 0.664. The number of rotatable bonds is 1. The van der Waals surface area contributed by atoms with Gasteiger partial charge in [-0.2, -0.15) is 0 Å². The lowest BCUT2D eigenvalue weighted by molar-refractivity contribution is 0.532. The highest BCUT2D eigenvalue weighted by Gasteiger charge is 2.18. The van der Waals surface area contributed by atoms with E-state index in [0.29, 0.717) is 6.04 Å². The highest BCUT2D eigenvalue weighted by Crippen LogP contribution is 2.31. The van der Waals surface area contributed by atoms with Crippen molar-refractivity contribution in [3.8, 4) is 0 Å². The first-order chi connectivity index (χ1) is 7.34. The zero-order chi connectivity index (χ0) is 10.3. The molecule has 0 amide bonds. The molecule has 0 N–H and O–H groups in total. The van der Waals surface area contributed by atoms with E-state index in [2.05, 4.69) is 20.6 Å². The minimum Gasteiger partial charge on any atom is -0.327 e. The van der Waals surface area contributed by atoms with Crippen LogP contribution in [0.3, 0.4) is 0 Å². The van der Waals surface area contributed by atoms with E-state index in [9.17, 15) is 0 Å². The number of nitrogens with zero attached hydrogens (tertiary/aromatic N) is 3. The first-order valence-corrected chi connectivity index (χ1v) is 5.64. The Morgan fingerprint density at radius 1 is 1.27 bits per heavy atom. The van der Waals surface area contributed by atoms with Gasteiger partial charge < -0.3 is 4.57 Å². The Balaban J connectivity index is 2.13. The topological polar surface area (TPSA) is 30.7 Å². The van der Waals surface area contributed by atoms with Crippen molar-refractivity contribution in [2.75, 3.05) is 0 Å². The normalized spacial score (nSPS) is 17.7. The second kappa shape index (κ2) is 3.33. The molecule has 0 aromatic carbocycles. The van der Waals surface area contributed by atoms with Crippen LogP contribution in [0.5, 0.6) is 0 Å². The predicted molar refractivity (Wildman–Crippen MR) is 59.8 cm³/mol. The molecule has 3 nitrogen and oxygen atoms in total. The van der Waals surface area contributed by atoms with Crippen molar-refractivity contribution in [2.45, 2.75) is 38.6 Å². The molecule has 0 saturated heterocycles. The average molecular weight is 201 g/mol. The third kappa shape index (κ3) is 1.42. The summed E-state index contributed by atoms with van der Waals surface area (Å²) in [7, 11) is 0. The van der Waals surface area contributed by atoms with Crippen LogP contribution in [0.25, 0.3) is 11.0 Å². The van der Waals surface area contributed by atoms with Crippen molar-refractivity contribution in [3.05, 3.63) is 24.3 Å². The fourth-order valence-electron chi connectivity index (χ4n) is 2.50. The number of hydrogen-bond donors (Lipinski definition) is 0. The Kier molecular flexibility index (Phi) is 1.97. The van der Waals surface area contributed by atoms with E-state index in [1.165, 1.54) is 31.2 Å². The van der Waals surface area contributed by atoms with Crippen molar-refractivity contribution in [1.82, 2.24) is 14.5 Å². The molecule has 2 aromatic heterocycles. The summed E-state index contributed by atoms with van der Waals surface area (Å²) in [6, 6.07) is 2.80. The van der Waals surface area contributed by atoms with Crippen LogP contribution in [0.4, 0.5) is 0 Å². The summed E-state index contributed by atoms with van der Waals surface area (Å²) in [6.45, 7) is 2.03. The van der Waals surface area contributed by atoms with Crippen LogP contribution in [0.2, 0.25) is 0 Å². The molecule has 0 atom stereocenters. The second-order valence-electron chi connectivity index (χ2n) is 4.40. The van der Waals surface area contributed by atoms with E-state index < -0.39 is 0 Å². The van der Waals surface area contributed by atoms with Gasteiger partial charge in [0.1, 0.15) is 5.52 Å². The maximum atomic E-state index is 4.40. The lowest BCUT2D eigenvalue weighted by Crippen LogP contribution is -2.02. The lowest BCUT2D eigenvalue weighted by Gasteiger charge is -2.11. The number of fused-ring (bicyclic) bond motifs is 1. The van der Waals surface area contributed by atoms with E-state index in [1.54, 1.807) is 0 Å². The van der Waals surface area contributed by atoms with Crippen molar-refractivity contribution >= 4 is 11.0 Å². The Hall–Kier alpha value is -1.38. The summed E-state index contributed by atoms with van der Waals surface area (Å²) in [5.41, 5.74) is 3.34. The molecular formula is C12H15N3. The highest BCUT2D eigenvalue weighted by atomic mass is 15.1. The zero-order valence-electron chi connectivity index (χ0n) is 8.98. The van der Waals surface area contributed by atoms with Crippen LogP contribution < -0.4 is 0 Å². The third-order valence-corrected chi connectivity index (χ3v) is 3.32. The highest BCUT2D eigenvalue weighted by molar-refractivity contribution is 5.74. The van der Waals surface area contributed by atoms with Gasteiger partial charge in [0.15, 0.2) is 0 Å². The summed E-state index contributed by atoms with van der Waals surface area (Å²) in [5, 5.41) is 0. The first kappa shape index (κ1) is 8.89. The van der Waals surface area contributed by atoms with Gasteiger partial charge in [-0.3, -0.25) is 4.98 Å². The SMILES string of the molecule is Cc1cc2c(cn1)ncn2C1CCCC1. The molecule has 1 fully saturated rings. The number of imidazole rings is 1. The van der Waals surface area contributed by atoms with Gasteiger partial charge >= 0.3 is 0 Å². The van der Waals surface area contributed by atoms with Gasteiger partial charge in [-0.05, 0) is 25.8 Å². The molecule has 2 aromatic rings. The van der Waals surface area contributed by atoms with Crippen molar-refractivity contribution < 1.29 is 0 Å². The number of hydrogen-bond acceptors (Lipinski definition) is 2. The zero-order valence-corrected chi connectivity index (χ0v) is 8.98. The van der Waals surface area contributed by atoms with E-state index in [4.69, 9.17) is 0 Å². The third-order valence-electron chi connectivity index (χ3n) is 3.32. The van der Waals surface area contributed by atoms with Gasteiger partial charge in [-0.1, -0.05) is 12.8 Å². The van der Waals surface area contributed by atoms with E-state index in [1.807, 2.05) is 19.4 Å². The number of pyridine rings is 1. The Labute approximate surface area is 89.2 Å². The lowest BCUT2D eigenvalue weighted by atomic mass is 10.2. The predicted octanol–water partition coefficient (Wildman–Crippen LogP) is 2.85. The average Bonchev–Trinajstić information content (AvgIpc) is 2.83. The molecule has 0 unspecified atom stereocenters. The first-order valence-electron chi connectivity index (χ1n) is 5.64. The van der Waals surface area contributed by atoms with Crippen LogP contribution in [0, 0.1) is 6.92 Å². The molecule has 3 rings (SSSR count). The monoisotopic (exact) mass is 201 g/mol. The summed E-state index contributed by atoms with van der Waals surface area (Å²) < 4.78 is 2.33. The Bertz CT molecular complexity index is 481. The van der Waals surface area contributed by atoms with E-state index in [0.717, 1.165) is 11.2 Å². The molecule has 0 bridgehead atoms. The van der Waals surface area contributed by atoms with E-state index >= 15 is 0 Å². The molecule has 1 aliphatic rings. The fourth-order valence-corrected chi connectivity index (χ4v) is 2.50. The molecule has 0 radical (unpaired) electrons. The van der Waals surface area contributed by atoms with Crippen LogP contribution in [-0.2, 0) is 0 Å². The van der Waals surface area contributed by atoms with Crippen LogP contribution in [-0.4, -0.2) is 14.5 Å². The molecule has 0 aliphatic heterocycles. The van der Waals surface area contributed by atoms with Gasteiger partial charge in [-0.25, -0.2) is 4.98 Å². The quantitative estimate of drug-likeness (QED) is 0.710. The maximum absolute atomic E-state index is 4.40. The number of aryl methyl sites for hydroxylation is 1. The fraction of sp³-hybridized carbons (Fsp3) is 0.500. The van der Waals surface area contributed by atoms with Crippen molar-refractivity contribution in [3.63, 3.8) is 0 Å². The van der Waals surface area contributed by atoms with Crippen LogP contribution >= 0.6 is 0 Å². The maximum Gasteiger partial charge on any atom is 0.107 e. The van der Waals surface area contributed by atoms with Gasteiger partial charge in [0, 0.05) is 11.7 Å². The van der Waals surface area contributed by atoms with Crippen molar-refractivity contribution in [2.24, 2.45) is 0 Å². The summed E-state index contributed by atoms with van der Waals surface area (Å²) in [5.74, 6) is 0. The Morgan fingerprint density at radius 3 is 2.87 bits per heavy atom. The molecule has 3 heteroatoms. The summed E-state index contributed by atoms with van der Waals surface area (Å²) in [4.78, 5) is 8.68. The summed E-state index contributed by atoms with van der Waals surface area (Å²) >= 11 is 0. The van der Waals surface area contributed by atoms with Gasteiger partial charge in [-0.15, -0.1) is 0 Å². The molecule has 0 spiro atoms. The molecular weight excluding hydrogens is 186 g/mol. The molecule has 78 valence electrons. The standard InChI is InChI=1S/C12H15N3/c1-9-6-12-11(7-13-9)14-8-15(12)10-4-2-3-5-10/h6-8,10H,2-5H2,1H3. The second-order valence-corrected chi connectivity index (χ2v) is 4.40. The Morgan fingerprint density at radius 2 is 2.07 bits per heavy atom. The van der Waals surface area contributed by atoms with Crippen LogP contribution in [0.1, 0.15) is 37.4 Å². The van der Waals surface area contributed by atoms with Gasteiger partial charge in [0.2, 0.25) is 0 Å². The van der Waals surface area contributed by atoms with E-state index in [-0.39, 0.29) is 0 Å². The van der Waals surface area contributed by atoms with Gasteiger partial charge in [0.05, 0.1) is 18.0 Å². The number of aromatic nitrogens is 3.